The van der Waals surface area contributed by atoms with Crippen molar-refractivity contribution < 1.29 is 0 Å². The van der Waals surface area contributed by atoms with Gasteiger partial charge in [0.05, 0.1) is 5.69 Å². The first-order valence-electron chi connectivity index (χ1n) is 21.7. The van der Waals surface area contributed by atoms with Gasteiger partial charge in [-0.25, -0.2) is 0 Å². The van der Waals surface area contributed by atoms with E-state index in [1.807, 2.05) is 11.3 Å². The van der Waals surface area contributed by atoms with Crippen LogP contribution in [0.15, 0.2) is 84.9 Å². The van der Waals surface area contributed by atoms with Crippen molar-refractivity contribution in [3.8, 4) is 0 Å². The van der Waals surface area contributed by atoms with Gasteiger partial charge in [-0.3, -0.25) is 0 Å². The van der Waals surface area contributed by atoms with Crippen LogP contribution in [0.2, 0.25) is 0 Å². The zero-order valence-electron chi connectivity index (χ0n) is 37.9. The molecule has 9 rings (SSSR count). The van der Waals surface area contributed by atoms with Gasteiger partial charge in [0.1, 0.15) is 0 Å². The van der Waals surface area contributed by atoms with Crippen LogP contribution in [-0.2, 0) is 27.1 Å². The molecule has 1 aliphatic carbocycles. The van der Waals surface area contributed by atoms with E-state index in [1.54, 1.807) is 0 Å². The first-order valence-corrected chi connectivity index (χ1v) is 22.5. The van der Waals surface area contributed by atoms with Crippen LogP contribution >= 0.6 is 11.3 Å². The number of hydrogen-bond donors (Lipinski definition) is 0. The van der Waals surface area contributed by atoms with Crippen molar-refractivity contribution in [2.24, 2.45) is 0 Å². The number of nitrogens with zero attached hydrogens (tertiary/aromatic N) is 2. The Morgan fingerprint density at radius 2 is 1.07 bits per heavy atom. The molecule has 0 atom stereocenters. The van der Waals surface area contributed by atoms with Crippen molar-refractivity contribution in [2.75, 3.05) is 9.80 Å². The van der Waals surface area contributed by atoms with Crippen molar-refractivity contribution in [1.29, 1.82) is 0 Å². The number of aryl methyl sites for hydroxylation is 2. The SMILES string of the molecule is Cc1cc2c3c(c1)N(c1ccc(C(C)(C)C)cc1)c1c(sc4cc5c(cc14)C(C)(C)CCC5(C)C)B3c1cc(C(C)(C)C)ccc1N2c1ccc(C(C)(C)C)cc1C. The lowest BCUT2D eigenvalue weighted by atomic mass is 9.36. The summed E-state index contributed by atoms with van der Waals surface area (Å²) in [4.78, 5) is 5.26. The molecule has 0 saturated carbocycles. The van der Waals surface area contributed by atoms with Crippen LogP contribution in [0.1, 0.15) is 142 Å². The maximum Gasteiger partial charge on any atom is 0.264 e. The Labute approximate surface area is 353 Å². The number of benzene rings is 5. The van der Waals surface area contributed by atoms with Crippen LogP contribution in [0.4, 0.5) is 34.1 Å². The van der Waals surface area contributed by atoms with Crippen molar-refractivity contribution >= 4 is 78.0 Å². The van der Waals surface area contributed by atoms with Gasteiger partial charge >= 0.3 is 0 Å². The lowest BCUT2D eigenvalue weighted by Gasteiger charge is -2.44. The summed E-state index contributed by atoms with van der Waals surface area (Å²) < 4.78 is 2.86. The molecule has 4 heteroatoms. The Morgan fingerprint density at radius 1 is 0.552 bits per heavy atom. The average Bonchev–Trinajstić information content (AvgIpc) is 3.50. The molecule has 58 heavy (non-hydrogen) atoms. The Hall–Kier alpha value is -4.28. The summed E-state index contributed by atoms with van der Waals surface area (Å²) in [6.07, 6.45) is 2.41. The molecule has 0 fully saturated rings. The second kappa shape index (κ2) is 12.6. The van der Waals surface area contributed by atoms with E-state index in [0.29, 0.717) is 0 Å². The highest BCUT2D eigenvalue weighted by molar-refractivity contribution is 7.33. The number of thiophene rings is 1. The van der Waals surface area contributed by atoms with Gasteiger partial charge < -0.3 is 9.80 Å². The lowest BCUT2D eigenvalue weighted by molar-refractivity contribution is 0.332. The van der Waals surface area contributed by atoms with Gasteiger partial charge in [-0.15, -0.1) is 11.3 Å². The summed E-state index contributed by atoms with van der Waals surface area (Å²) >= 11 is 2.04. The van der Waals surface area contributed by atoms with E-state index >= 15 is 0 Å². The van der Waals surface area contributed by atoms with E-state index in [-0.39, 0.29) is 33.8 Å². The van der Waals surface area contributed by atoms with Crippen LogP contribution in [0, 0.1) is 13.8 Å². The zero-order chi connectivity index (χ0) is 41.6. The van der Waals surface area contributed by atoms with Crippen LogP contribution in [0.3, 0.4) is 0 Å². The van der Waals surface area contributed by atoms with Crippen molar-refractivity contribution in [3.05, 3.63) is 124 Å². The third-order valence-corrected chi connectivity index (χ3v) is 15.1. The van der Waals surface area contributed by atoms with E-state index in [4.69, 9.17) is 0 Å². The first-order chi connectivity index (χ1) is 27.0. The highest BCUT2D eigenvalue weighted by atomic mass is 32.1. The number of fused-ring (bicyclic) bond motifs is 7. The molecule has 0 radical (unpaired) electrons. The smallest absolute Gasteiger partial charge is 0.264 e. The third-order valence-electron chi connectivity index (χ3n) is 13.9. The topological polar surface area (TPSA) is 6.48 Å². The van der Waals surface area contributed by atoms with Gasteiger partial charge in [0.25, 0.3) is 6.71 Å². The fraction of sp³-hybridized carbons (Fsp3) is 0.407. The van der Waals surface area contributed by atoms with E-state index in [0.717, 1.165) is 0 Å². The summed E-state index contributed by atoms with van der Waals surface area (Å²) in [5.74, 6) is 0. The van der Waals surface area contributed by atoms with Gasteiger partial charge in [0, 0.05) is 43.3 Å². The molecule has 0 bridgehead atoms. The molecule has 2 nitrogen and oxygen atoms in total. The number of hydrogen-bond acceptors (Lipinski definition) is 3. The Kier molecular flexibility index (Phi) is 8.53. The number of anilines is 6. The average molecular weight is 783 g/mol. The van der Waals surface area contributed by atoms with Crippen LogP contribution in [-0.4, -0.2) is 6.71 Å². The molecular weight excluding hydrogens is 719 g/mol. The van der Waals surface area contributed by atoms with Crippen molar-refractivity contribution in [3.63, 3.8) is 0 Å². The predicted molar refractivity (Wildman–Crippen MR) is 257 cm³/mol. The molecule has 0 spiro atoms. The Morgan fingerprint density at radius 3 is 1.64 bits per heavy atom. The lowest BCUT2D eigenvalue weighted by Crippen LogP contribution is -2.60. The molecular formula is C54H63BN2S. The summed E-state index contributed by atoms with van der Waals surface area (Å²) in [6, 6.07) is 34.2. The summed E-state index contributed by atoms with van der Waals surface area (Å²) in [6.45, 7) is 35.5. The third kappa shape index (κ3) is 6.02. The zero-order valence-corrected chi connectivity index (χ0v) is 38.7. The molecule has 1 aromatic heterocycles. The van der Waals surface area contributed by atoms with Crippen molar-refractivity contribution in [1.82, 2.24) is 0 Å². The fourth-order valence-electron chi connectivity index (χ4n) is 10.2. The molecule has 2 aliphatic heterocycles. The standard InChI is InChI=1S/C54H63BN2S/c1-32-26-44-47-45(27-32)57(42-22-18-35(28-33(42)2)51(6,7)8)43-23-19-36(52(9,10)11)29-41(43)55(47)49-48(56(44)37-20-16-34(17-21-37)50(3,4)5)38-30-39-40(31-46(38)58-49)54(14,15)25-24-53(39,12)13/h16-23,26-31H,24-25H2,1-15H3. The minimum Gasteiger partial charge on any atom is -0.311 e. The quantitative estimate of drug-likeness (QED) is 0.161. The first kappa shape index (κ1) is 39.2. The monoisotopic (exact) mass is 782 g/mol. The van der Waals surface area contributed by atoms with Crippen LogP contribution < -0.4 is 25.5 Å². The van der Waals surface area contributed by atoms with Crippen LogP contribution in [0.25, 0.3) is 10.1 Å². The van der Waals surface area contributed by atoms with Gasteiger partial charge in [0.15, 0.2) is 0 Å². The fourth-order valence-corrected chi connectivity index (χ4v) is 11.5. The maximum atomic E-state index is 2.66. The highest BCUT2D eigenvalue weighted by Crippen LogP contribution is 2.53. The van der Waals surface area contributed by atoms with Gasteiger partial charge in [-0.2, -0.15) is 0 Å². The van der Waals surface area contributed by atoms with Gasteiger partial charge in [-0.05, 0) is 152 Å². The Balaban J connectivity index is 1.40. The molecule has 0 saturated heterocycles. The minimum atomic E-state index is 0.00916. The van der Waals surface area contributed by atoms with E-state index in [1.165, 1.54) is 112 Å². The highest BCUT2D eigenvalue weighted by Gasteiger charge is 2.47. The molecule has 3 aliphatic rings. The molecule has 5 aromatic carbocycles. The molecule has 0 unspecified atom stereocenters. The van der Waals surface area contributed by atoms with Gasteiger partial charge in [-0.1, -0.05) is 126 Å². The van der Waals surface area contributed by atoms with E-state index in [2.05, 4.69) is 199 Å². The molecule has 298 valence electrons. The summed E-state index contributed by atoms with van der Waals surface area (Å²) in [7, 11) is 0. The summed E-state index contributed by atoms with van der Waals surface area (Å²) in [5, 5.41) is 1.39. The largest absolute Gasteiger partial charge is 0.311 e. The Bertz CT molecular complexity index is 2650. The maximum absolute atomic E-state index is 2.66. The molecule has 0 amide bonds. The molecule has 6 aromatic rings. The van der Waals surface area contributed by atoms with Crippen LogP contribution in [0.5, 0.6) is 0 Å². The second-order valence-electron chi connectivity index (χ2n) is 22.4. The van der Waals surface area contributed by atoms with E-state index in [9.17, 15) is 0 Å². The molecule has 0 N–H and O–H groups in total. The normalized spacial score (nSPS) is 16.9. The summed E-state index contributed by atoms with van der Waals surface area (Å²) in [5.41, 5.74) is 20.7. The minimum absolute atomic E-state index is 0.00916. The van der Waals surface area contributed by atoms with Crippen molar-refractivity contribution in [2.45, 2.75) is 144 Å². The predicted octanol–water partition coefficient (Wildman–Crippen LogP) is 13.8. The van der Waals surface area contributed by atoms with E-state index < -0.39 is 0 Å². The second-order valence-corrected chi connectivity index (χ2v) is 23.5. The van der Waals surface area contributed by atoms with Gasteiger partial charge in [0.2, 0.25) is 0 Å². The molecule has 3 heterocycles. The number of rotatable bonds is 2.